The van der Waals surface area contributed by atoms with Crippen LogP contribution in [0.3, 0.4) is 0 Å². The average molecular weight is 270 g/mol. The summed E-state index contributed by atoms with van der Waals surface area (Å²) in [6.45, 7) is 1.49. The maximum atomic E-state index is 13.4. The standard InChI is InChI=1S/C15H11FN2O2/c1-8-12(16)7-6-11(14(8)19)13-9-4-2-3-5-10(9)15(20)18-17-13/h2-7,19H,1H3,(H,18,20). The highest BCUT2D eigenvalue weighted by atomic mass is 19.1. The van der Waals surface area contributed by atoms with Crippen LogP contribution >= 0.6 is 0 Å². The topological polar surface area (TPSA) is 66.0 Å². The van der Waals surface area contributed by atoms with Crippen LogP contribution in [0, 0.1) is 12.7 Å². The number of phenols is 1. The molecule has 0 saturated carbocycles. The van der Waals surface area contributed by atoms with E-state index < -0.39 is 5.82 Å². The molecule has 0 spiro atoms. The van der Waals surface area contributed by atoms with E-state index in [1.807, 2.05) is 0 Å². The van der Waals surface area contributed by atoms with E-state index in [0.717, 1.165) is 0 Å². The molecule has 2 N–H and O–H groups in total. The van der Waals surface area contributed by atoms with E-state index in [1.54, 1.807) is 24.3 Å². The van der Waals surface area contributed by atoms with Crippen LogP contribution in [0.15, 0.2) is 41.2 Å². The van der Waals surface area contributed by atoms with Gasteiger partial charge in [0, 0.05) is 16.5 Å². The molecule has 1 aromatic heterocycles. The van der Waals surface area contributed by atoms with Crippen molar-refractivity contribution in [2.75, 3.05) is 0 Å². The highest BCUT2D eigenvalue weighted by Gasteiger charge is 2.15. The number of aromatic hydroxyl groups is 1. The second-order valence-electron chi connectivity index (χ2n) is 4.52. The first-order valence-corrected chi connectivity index (χ1v) is 6.05. The lowest BCUT2D eigenvalue weighted by Crippen LogP contribution is -2.09. The number of H-pyrrole nitrogens is 1. The van der Waals surface area contributed by atoms with Gasteiger partial charge in [0.15, 0.2) is 0 Å². The van der Waals surface area contributed by atoms with Crippen LogP contribution in [0.25, 0.3) is 22.0 Å². The molecule has 0 fully saturated rings. The van der Waals surface area contributed by atoms with Crippen LogP contribution in [-0.4, -0.2) is 15.3 Å². The Morgan fingerprint density at radius 1 is 1.15 bits per heavy atom. The maximum absolute atomic E-state index is 13.4. The zero-order valence-electron chi connectivity index (χ0n) is 10.6. The van der Waals surface area contributed by atoms with Gasteiger partial charge in [0.2, 0.25) is 0 Å². The molecule has 100 valence electrons. The third-order valence-corrected chi connectivity index (χ3v) is 3.32. The summed E-state index contributed by atoms with van der Waals surface area (Å²) in [5.74, 6) is -0.658. The molecular formula is C15H11FN2O2. The third-order valence-electron chi connectivity index (χ3n) is 3.32. The van der Waals surface area contributed by atoms with Gasteiger partial charge in [-0.05, 0) is 25.1 Å². The first kappa shape index (κ1) is 12.3. The summed E-state index contributed by atoms with van der Waals surface area (Å²) in [6.07, 6.45) is 0. The Kier molecular flexibility index (Phi) is 2.75. The van der Waals surface area contributed by atoms with Crippen molar-refractivity contribution < 1.29 is 9.50 Å². The highest BCUT2D eigenvalue weighted by molar-refractivity contribution is 5.95. The van der Waals surface area contributed by atoms with Gasteiger partial charge in [0.1, 0.15) is 17.3 Å². The molecule has 4 nitrogen and oxygen atoms in total. The fourth-order valence-electron chi connectivity index (χ4n) is 2.19. The van der Waals surface area contributed by atoms with Crippen molar-refractivity contribution in [1.29, 1.82) is 0 Å². The van der Waals surface area contributed by atoms with Crippen LogP contribution in [0.5, 0.6) is 5.75 Å². The molecule has 0 amide bonds. The number of hydrogen-bond acceptors (Lipinski definition) is 3. The van der Waals surface area contributed by atoms with E-state index in [2.05, 4.69) is 10.2 Å². The van der Waals surface area contributed by atoms with Crippen molar-refractivity contribution in [3.05, 3.63) is 58.1 Å². The van der Waals surface area contributed by atoms with E-state index in [-0.39, 0.29) is 16.9 Å². The fourth-order valence-corrected chi connectivity index (χ4v) is 2.19. The first-order valence-electron chi connectivity index (χ1n) is 6.05. The molecular weight excluding hydrogens is 259 g/mol. The van der Waals surface area contributed by atoms with Crippen molar-refractivity contribution >= 4 is 10.8 Å². The summed E-state index contributed by atoms with van der Waals surface area (Å²) < 4.78 is 13.4. The van der Waals surface area contributed by atoms with Crippen LogP contribution in [0.1, 0.15) is 5.56 Å². The number of benzene rings is 2. The van der Waals surface area contributed by atoms with Crippen LogP contribution in [-0.2, 0) is 0 Å². The smallest absolute Gasteiger partial charge is 0.272 e. The lowest BCUT2D eigenvalue weighted by atomic mass is 10.0. The summed E-state index contributed by atoms with van der Waals surface area (Å²) in [4.78, 5) is 11.7. The Bertz CT molecular complexity index is 871. The number of hydrogen-bond donors (Lipinski definition) is 2. The van der Waals surface area contributed by atoms with Crippen LogP contribution < -0.4 is 5.56 Å². The average Bonchev–Trinajstić information content (AvgIpc) is 2.47. The van der Waals surface area contributed by atoms with Crippen molar-refractivity contribution in [1.82, 2.24) is 10.2 Å². The summed E-state index contributed by atoms with van der Waals surface area (Å²) in [5.41, 5.74) is 0.652. The number of halogens is 1. The highest BCUT2D eigenvalue weighted by Crippen LogP contribution is 2.34. The second-order valence-corrected chi connectivity index (χ2v) is 4.52. The van der Waals surface area contributed by atoms with Crippen molar-refractivity contribution in [2.24, 2.45) is 0 Å². The zero-order valence-corrected chi connectivity index (χ0v) is 10.6. The van der Waals surface area contributed by atoms with E-state index >= 15 is 0 Å². The number of rotatable bonds is 1. The molecule has 0 radical (unpaired) electrons. The second kappa shape index (κ2) is 4.45. The van der Waals surface area contributed by atoms with E-state index in [4.69, 9.17) is 0 Å². The molecule has 0 aliphatic heterocycles. The fraction of sp³-hybridized carbons (Fsp3) is 0.0667. The molecule has 0 aliphatic rings. The molecule has 1 heterocycles. The van der Waals surface area contributed by atoms with E-state index in [1.165, 1.54) is 19.1 Å². The van der Waals surface area contributed by atoms with E-state index in [9.17, 15) is 14.3 Å². The minimum absolute atomic E-state index is 0.152. The van der Waals surface area contributed by atoms with Crippen LogP contribution in [0.2, 0.25) is 0 Å². The molecule has 20 heavy (non-hydrogen) atoms. The zero-order chi connectivity index (χ0) is 14.3. The Labute approximate surface area is 113 Å². The molecule has 0 unspecified atom stereocenters. The Hall–Kier alpha value is -2.69. The minimum atomic E-state index is -0.486. The molecule has 0 saturated heterocycles. The monoisotopic (exact) mass is 270 g/mol. The van der Waals surface area contributed by atoms with Gasteiger partial charge in [-0.3, -0.25) is 4.79 Å². The first-order chi connectivity index (χ1) is 9.59. The maximum Gasteiger partial charge on any atom is 0.272 e. The molecule has 3 rings (SSSR count). The molecule has 2 aromatic carbocycles. The minimum Gasteiger partial charge on any atom is -0.507 e. The number of nitrogens with zero attached hydrogens (tertiary/aromatic N) is 1. The van der Waals surface area contributed by atoms with Gasteiger partial charge in [-0.25, -0.2) is 9.49 Å². The summed E-state index contributed by atoms with van der Waals surface area (Å²) in [6, 6.07) is 9.66. The quantitative estimate of drug-likeness (QED) is 0.714. The van der Waals surface area contributed by atoms with Gasteiger partial charge in [-0.2, -0.15) is 5.10 Å². The normalized spacial score (nSPS) is 10.9. The van der Waals surface area contributed by atoms with Crippen molar-refractivity contribution in [2.45, 2.75) is 6.92 Å². The molecule has 3 aromatic rings. The van der Waals surface area contributed by atoms with Crippen molar-refractivity contribution in [3.63, 3.8) is 0 Å². The summed E-state index contributed by atoms with van der Waals surface area (Å²) in [7, 11) is 0. The van der Waals surface area contributed by atoms with Gasteiger partial charge in [0.05, 0.1) is 5.39 Å². The predicted molar refractivity (Wildman–Crippen MR) is 74.2 cm³/mol. The Morgan fingerprint density at radius 2 is 1.85 bits per heavy atom. The SMILES string of the molecule is Cc1c(F)ccc(-c2n[nH]c(=O)c3ccccc23)c1O. The number of fused-ring (bicyclic) bond motifs is 1. The summed E-state index contributed by atoms with van der Waals surface area (Å²) >= 11 is 0. The van der Waals surface area contributed by atoms with Gasteiger partial charge in [-0.1, -0.05) is 18.2 Å². The number of aromatic amines is 1. The largest absolute Gasteiger partial charge is 0.507 e. The molecule has 0 aliphatic carbocycles. The van der Waals surface area contributed by atoms with Crippen LogP contribution in [0.4, 0.5) is 4.39 Å². The van der Waals surface area contributed by atoms with Gasteiger partial charge >= 0.3 is 0 Å². The van der Waals surface area contributed by atoms with E-state index in [0.29, 0.717) is 22.0 Å². The number of aromatic nitrogens is 2. The van der Waals surface area contributed by atoms with Crippen molar-refractivity contribution in [3.8, 4) is 17.0 Å². The molecule has 5 heteroatoms. The van der Waals surface area contributed by atoms with Gasteiger partial charge in [0.25, 0.3) is 5.56 Å². The lowest BCUT2D eigenvalue weighted by molar-refractivity contribution is 0.465. The van der Waals surface area contributed by atoms with Gasteiger partial charge in [-0.15, -0.1) is 0 Å². The Morgan fingerprint density at radius 3 is 2.60 bits per heavy atom. The number of nitrogens with one attached hydrogen (secondary N) is 1. The number of phenolic OH excluding ortho intramolecular Hbond substituents is 1. The summed E-state index contributed by atoms with van der Waals surface area (Å²) in [5, 5.41) is 17.5. The molecule has 0 atom stereocenters. The molecule has 0 bridgehead atoms. The predicted octanol–water partition coefficient (Wildman–Crippen LogP) is 2.74. The lowest BCUT2D eigenvalue weighted by Gasteiger charge is -2.09. The van der Waals surface area contributed by atoms with Gasteiger partial charge < -0.3 is 5.11 Å². The Balaban J connectivity index is 2.39. The third kappa shape index (κ3) is 1.75.